The maximum Gasteiger partial charge on any atom is 0.242 e. The van der Waals surface area contributed by atoms with Gasteiger partial charge in [0.2, 0.25) is 15.9 Å². The Labute approximate surface area is 165 Å². The Morgan fingerprint density at radius 3 is 2.39 bits per heavy atom. The van der Waals surface area contributed by atoms with Crippen LogP contribution in [0.2, 0.25) is 0 Å². The van der Waals surface area contributed by atoms with E-state index in [1.165, 1.54) is 36.1 Å². The predicted octanol–water partition coefficient (Wildman–Crippen LogP) is 1.23. The number of nitrogens with two attached hydrogens (primary N) is 1. The Kier molecular flexibility index (Phi) is 6.02. The summed E-state index contributed by atoms with van der Waals surface area (Å²) in [5, 5.41) is 0. The van der Waals surface area contributed by atoms with E-state index in [9.17, 15) is 13.2 Å². The largest absolute Gasteiger partial charge is 0.492 e. The third-order valence-corrected chi connectivity index (χ3v) is 6.75. The van der Waals surface area contributed by atoms with E-state index in [2.05, 4.69) is 6.07 Å². The molecule has 1 heterocycles. The van der Waals surface area contributed by atoms with Crippen LogP contribution in [-0.4, -0.2) is 56.8 Å². The van der Waals surface area contributed by atoms with Gasteiger partial charge in [-0.1, -0.05) is 24.3 Å². The van der Waals surface area contributed by atoms with E-state index in [-0.39, 0.29) is 16.8 Å². The summed E-state index contributed by atoms with van der Waals surface area (Å²) in [6.45, 7) is 1.55. The van der Waals surface area contributed by atoms with Crippen molar-refractivity contribution in [1.82, 2.24) is 9.21 Å². The van der Waals surface area contributed by atoms with Crippen LogP contribution in [0.3, 0.4) is 0 Å². The van der Waals surface area contributed by atoms with E-state index in [4.69, 9.17) is 10.5 Å². The highest BCUT2D eigenvalue weighted by Crippen LogP contribution is 2.23. The molecule has 1 amide bonds. The normalized spacial score (nSPS) is 17.3. The van der Waals surface area contributed by atoms with Gasteiger partial charge in [-0.05, 0) is 41.8 Å². The average Bonchev–Trinajstić information content (AvgIpc) is 2.67. The lowest BCUT2D eigenvalue weighted by molar-refractivity contribution is -0.123. The molecule has 0 unspecified atom stereocenters. The van der Waals surface area contributed by atoms with Gasteiger partial charge in [-0.25, -0.2) is 12.7 Å². The molecule has 0 aliphatic carbocycles. The molecular formula is C20H25N3O4S. The summed E-state index contributed by atoms with van der Waals surface area (Å²) in [6, 6.07) is 14.0. The predicted molar refractivity (Wildman–Crippen MR) is 106 cm³/mol. The number of benzene rings is 2. The number of nitrogens with zero attached hydrogens (tertiary/aromatic N) is 2. The van der Waals surface area contributed by atoms with Crippen molar-refractivity contribution in [3.05, 3.63) is 59.7 Å². The van der Waals surface area contributed by atoms with Gasteiger partial charge in [0, 0.05) is 27.2 Å². The molecule has 0 fully saturated rings. The Bertz CT molecular complexity index is 942. The number of hydrogen-bond donors (Lipinski definition) is 1. The van der Waals surface area contributed by atoms with Crippen molar-refractivity contribution in [2.24, 2.45) is 5.73 Å². The van der Waals surface area contributed by atoms with E-state index >= 15 is 0 Å². The molecular weight excluding hydrogens is 378 g/mol. The second-order valence-corrected chi connectivity index (χ2v) is 9.12. The number of hydrogen-bond acceptors (Lipinski definition) is 5. The molecule has 0 aromatic heterocycles. The summed E-state index contributed by atoms with van der Waals surface area (Å²) in [5.74, 6) is 0.235. The summed E-state index contributed by atoms with van der Waals surface area (Å²) in [5.41, 5.74) is 7.94. The number of amides is 1. The monoisotopic (exact) mass is 403 g/mol. The first-order valence-corrected chi connectivity index (χ1v) is 10.5. The first-order valence-electron chi connectivity index (χ1n) is 9.04. The van der Waals surface area contributed by atoms with Crippen LogP contribution in [0.15, 0.2) is 53.4 Å². The van der Waals surface area contributed by atoms with Crippen LogP contribution in [0.25, 0.3) is 0 Å². The van der Waals surface area contributed by atoms with Gasteiger partial charge < -0.3 is 10.5 Å². The molecule has 2 aromatic carbocycles. The Balaban J connectivity index is 1.62. The summed E-state index contributed by atoms with van der Waals surface area (Å²) in [6.07, 6.45) is 0.600. The highest BCUT2D eigenvalue weighted by molar-refractivity contribution is 7.89. The van der Waals surface area contributed by atoms with E-state index < -0.39 is 10.0 Å². The molecule has 0 saturated heterocycles. The third-order valence-electron chi connectivity index (χ3n) is 4.92. The molecule has 8 heteroatoms. The van der Waals surface area contributed by atoms with Crippen LogP contribution in [0, 0.1) is 0 Å². The lowest BCUT2D eigenvalue weighted by Gasteiger charge is -2.34. The van der Waals surface area contributed by atoms with Gasteiger partial charge >= 0.3 is 0 Å². The van der Waals surface area contributed by atoms with Crippen molar-refractivity contribution < 1.29 is 17.9 Å². The molecule has 1 atom stereocenters. The van der Waals surface area contributed by atoms with Crippen LogP contribution in [-0.2, 0) is 27.8 Å². The van der Waals surface area contributed by atoms with Gasteiger partial charge in [-0.2, -0.15) is 0 Å². The molecule has 1 aliphatic heterocycles. The van der Waals surface area contributed by atoms with E-state index in [1.807, 2.05) is 23.1 Å². The van der Waals surface area contributed by atoms with Gasteiger partial charge in [0.1, 0.15) is 12.4 Å². The second kappa shape index (κ2) is 8.30. The van der Waals surface area contributed by atoms with E-state index in [1.54, 1.807) is 12.1 Å². The SMILES string of the molecule is CN(C)S(=O)(=O)c1ccc(OCCN2Cc3ccccc3C[C@H]2C(N)=O)cc1. The maximum atomic E-state index is 12.1. The fourth-order valence-electron chi connectivity index (χ4n) is 3.29. The summed E-state index contributed by atoms with van der Waals surface area (Å²) in [4.78, 5) is 14.1. The lowest BCUT2D eigenvalue weighted by Crippen LogP contribution is -2.49. The van der Waals surface area contributed by atoms with Crippen molar-refractivity contribution in [2.45, 2.75) is 23.9 Å². The van der Waals surface area contributed by atoms with Crippen molar-refractivity contribution in [3.63, 3.8) is 0 Å². The molecule has 1 aliphatic rings. The topological polar surface area (TPSA) is 92.9 Å². The summed E-state index contributed by atoms with van der Waals surface area (Å²) >= 11 is 0. The number of carbonyl (C=O) groups is 1. The molecule has 0 bridgehead atoms. The standard InChI is InChI=1S/C20H25N3O4S/c1-22(2)28(25,26)18-9-7-17(8-10-18)27-12-11-23-14-16-6-4-3-5-15(16)13-19(23)20(21)24/h3-10,19H,11-14H2,1-2H3,(H2,21,24)/t19-/m0/s1. The number of fused-ring (bicyclic) bond motifs is 1. The zero-order valence-electron chi connectivity index (χ0n) is 16.0. The molecule has 0 saturated carbocycles. The molecule has 0 radical (unpaired) electrons. The molecule has 3 rings (SSSR count). The first kappa shape index (κ1) is 20.3. The minimum absolute atomic E-state index is 0.214. The Morgan fingerprint density at radius 2 is 1.79 bits per heavy atom. The quantitative estimate of drug-likeness (QED) is 0.751. The molecule has 0 spiro atoms. The van der Waals surface area contributed by atoms with Crippen LogP contribution in [0.1, 0.15) is 11.1 Å². The smallest absolute Gasteiger partial charge is 0.242 e. The lowest BCUT2D eigenvalue weighted by atomic mass is 9.93. The summed E-state index contributed by atoms with van der Waals surface area (Å²) in [7, 11) is -0.475. The second-order valence-electron chi connectivity index (χ2n) is 6.97. The highest BCUT2D eigenvalue weighted by atomic mass is 32.2. The van der Waals surface area contributed by atoms with E-state index in [0.29, 0.717) is 31.9 Å². The van der Waals surface area contributed by atoms with Crippen molar-refractivity contribution in [3.8, 4) is 5.75 Å². The number of ether oxygens (including phenoxy) is 1. The van der Waals surface area contributed by atoms with Crippen LogP contribution >= 0.6 is 0 Å². The minimum Gasteiger partial charge on any atom is -0.492 e. The number of carbonyl (C=O) groups excluding carboxylic acids is 1. The van der Waals surface area contributed by atoms with Crippen molar-refractivity contribution >= 4 is 15.9 Å². The molecule has 2 aromatic rings. The fourth-order valence-corrected chi connectivity index (χ4v) is 4.19. The van der Waals surface area contributed by atoms with Gasteiger partial charge in [-0.15, -0.1) is 0 Å². The van der Waals surface area contributed by atoms with Crippen molar-refractivity contribution in [1.29, 1.82) is 0 Å². The van der Waals surface area contributed by atoms with Crippen LogP contribution in [0.4, 0.5) is 0 Å². The fraction of sp³-hybridized carbons (Fsp3) is 0.350. The number of primary amides is 1. The zero-order valence-corrected chi connectivity index (χ0v) is 16.9. The highest BCUT2D eigenvalue weighted by Gasteiger charge is 2.29. The minimum atomic E-state index is -3.46. The number of rotatable bonds is 7. The summed E-state index contributed by atoms with van der Waals surface area (Å²) < 4.78 is 31.1. The Morgan fingerprint density at radius 1 is 1.14 bits per heavy atom. The maximum absolute atomic E-state index is 12.1. The molecule has 28 heavy (non-hydrogen) atoms. The van der Waals surface area contributed by atoms with Gasteiger partial charge in [0.05, 0.1) is 10.9 Å². The van der Waals surface area contributed by atoms with E-state index in [0.717, 1.165) is 5.56 Å². The zero-order chi connectivity index (χ0) is 20.3. The first-order chi connectivity index (χ1) is 13.3. The van der Waals surface area contributed by atoms with Crippen LogP contribution < -0.4 is 10.5 Å². The van der Waals surface area contributed by atoms with Crippen LogP contribution in [0.5, 0.6) is 5.75 Å². The Hall–Kier alpha value is -2.42. The molecule has 150 valence electrons. The van der Waals surface area contributed by atoms with Crippen molar-refractivity contribution in [2.75, 3.05) is 27.2 Å². The molecule has 2 N–H and O–H groups in total. The molecule has 7 nitrogen and oxygen atoms in total. The average molecular weight is 404 g/mol. The van der Waals surface area contributed by atoms with Gasteiger partial charge in [0.25, 0.3) is 0 Å². The van der Waals surface area contributed by atoms with Gasteiger partial charge in [0.15, 0.2) is 0 Å². The van der Waals surface area contributed by atoms with Gasteiger partial charge in [-0.3, -0.25) is 9.69 Å². The number of sulfonamides is 1. The third kappa shape index (κ3) is 4.35.